The number of imidazole rings is 1. The second-order valence-electron chi connectivity index (χ2n) is 12.0. The lowest BCUT2D eigenvalue weighted by molar-refractivity contribution is 0.806. The van der Waals surface area contributed by atoms with Crippen LogP contribution in [0.5, 0.6) is 0 Å². The summed E-state index contributed by atoms with van der Waals surface area (Å²) in [5, 5.41) is 6.16. The molecule has 0 amide bonds. The summed E-state index contributed by atoms with van der Waals surface area (Å²) in [7, 11) is 0. The topological polar surface area (TPSA) is 17.3 Å². The molecule has 0 fully saturated rings. The van der Waals surface area contributed by atoms with Gasteiger partial charge in [-0.3, -0.25) is 4.40 Å². The van der Waals surface area contributed by atoms with Crippen LogP contribution in [0.3, 0.4) is 0 Å². The van der Waals surface area contributed by atoms with E-state index in [-0.39, 0.29) is 0 Å². The first-order chi connectivity index (χ1) is 22.3. The van der Waals surface area contributed by atoms with E-state index < -0.39 is 0 Å². The van der Waals surface area contributed by atoms with Gasteiger partial charge in [0.1, 0.15) is 5.65 Å². The fourth-order valence-electron chi connectivity index (χ4n) is 7.13. The van der Waals surface area contributed by atoms with E-state index in [0.717, 1.165) is 23.1 Å². The van der Waals surface area contributed by atoms with Gasteiger partial charge in [0, 0.05) is 16.7 Å². The molecule has 0 atom stereocenters. The lowest BCUT2D eigenvalue weighted by Crippen LogP contribution is -2.05. The van der Waals surface area contributed by atoms with Gasteiger partial charge in [0.25, 0.3) is 0 Å². The molecule has 0 unspecified atom stereocenters. The van der Waals surface area contributed by atoms with Gasteiger partial charge in [0.15, 0.2) is 0 Å². The summed E-state index contributed by atoms with van der Waals surface area (Å²) in [6.07, 6.45) is 0.957. The molecule has 0 bridgehead atoms. The van der Waals surface area contributed by atoms with Gasteiger partial charge in [-0.1, -0.05) is 133 Å². The van der Waals surface area contributed by atoms with Crippen LogP contribution in [0.25, 0.3) is 60.3 Å². The minimum atomic E-state index is 0.314. The Morgan fingerprint density at radius 3 is 1.89 bits per heavy atom. The molecule has 9 aromatic rings. The summed E-state index contributed by atoms with van der Waals surface area (Å²) in [6.45, 7) is 0. The summed E-state index contributed by atoms with van der Waals surface area (Å²) >= 11 is 0. The average molecular weight is 575 g/mol. The molecule has 9 rings (SSSR count). The van der Waals surface area contributed by atoms with Crippen molar-refractivity contribution in [2.45, 2.75) is 12.3 Å². The van der Waals surface area contributed by atoms with Crippen LogP contribution in [0.4, 0.5) is 0 Å². The lowest BCUT2D eigenvalue weighted by Gasteiger charge is -2.19. The van der Waals surface area contributed by atoms with E-state index in [1.54, 1.807) is 0 Å². The van der Waals surface area contributed by atoms with E-state index in [0.29, 0.717) is 5.92 Å². The summed E-state index contributed by atoms with van der Waals surface area (Å²) in [6, 6.07) is 59.5. The number of aromatic nitrogens is 2. The standard InChI is InChI=1S/C43H30N2/c1-3-11-30(12-4-1)38(31-13-5-2-6-14-31)26-29-19-20-33-27-34(22-21-32(33)25-29)35-23-24-36-37-15-7-9-17-41(37)45-42-18-10-8-16-40(42)44-43(45)39(36)28-35/h1-25,27-28,38H,26H2. The summed E-state index contributed by atoms with van der Waals surface area (Å²) < 4.78 is 2.32. The average Bonchev–Trinajstić information content (AvgIpc) is 3.51. The van der Waals surface area contributed by atoms with Crippen molar-refractivity contribution in [3.05, 3.63) is 180 Å². The first kappa shape index (κ1) is 25.7. The van der Waals surface area contributed by atoms with Gasteiger partial charge in [0.05, 0.1) is 16.6 Å². The van der Waals surface area contributed by atoms with Crippen LogP contribution in [0.1, 0.15) is 22.6 Å². The highest BCUT2D eigenvalue weighted by molar-refractivity contribution is 6.14. The minimum Gasteiger partial charge on any atom is -0.292 e. The molecule has 0 spiro atoms. The predicted molar refractivity (Wildman–Crippen MR) is 189 cm³/mol. The molecule has 45 heavy (non-hydrogen) atoms. The van der Waals surface area contributed by atoms with Gasteiger partial charge >= 0.3 is 0 Å². The van der Waals surface area contributed by atoms with Crippen molar-refractivity contribution in [3.8, 4) is 11.1 Å². The van der Waals surface area contributed by atoms with Crippen molar-refractivity contribution in [3.63, 3.8) is 0 Å². The Hall–Kier alpha value is -5.73. The third-order valence-corrected chi connectivity index (χ3v) is 9.34. The normalized spacial score (nSPS) is 11.8. The molecule has 0 aliphatic carbocycles. The molecule has 0 saturated carbocycles. The zero-order valence-electron chi connectivity index (χ0n) is 24.8. The summed E-state index contributed by atoms with van der Waals surface area (Å²) in [5.74, 6) is 0.314. The summed E-state index contributed by atoms with van der Waals surface area (Å²) in [5.41, 5.74) is 10.8. The van der Waals surface area contributed by atoms with Crippen molar-refractivity contribution in [1.29, 1.82) is 0 Å². The minimum absolute atomic E-state index is 0.314. The van der Waals surface area contributed by atoms with Gasteiger partial charge in [-0.15, -0.1) is 0 Å². The molecule has 2 heterocycles. The van der Waals surface area contributed by atoms with Crippen LogP contribution in [0.15, 0.2) is 164 Å². The Bertz CT molecular complexity index is 2470. The highest BCUT2D eigenvalue weighted by Gasteiger charge is 2.16. The maximum Gasteiger partial charge on any atom is 0.146 e. The summed E-state index contributed by atoms with van der Waals surface area (Å²) in [4.78, 5) is 5.12. The van der Waals surface area contributed by atoms with Gasteiger partial charge in [0.2, 0.25) is 0 Å². The van der Waals surface area contributed by atoms with Crippen LogP contribution in [0, 0.1) is 0 Å². The Morgan fingerprint density at radius 1 is 0.467 bits per heavy atom. The van der Waals surface area contributed by atoms with Crippen LogP contribution in [-0.4, -0.2) is 9.38 Å². The smallest absolute Gasteiger partial charge is 0.146 e. The van der Waals surface area contributed by atoms with Crippen LogP contribution < -0.4 is 0 Å². The molecule has 7 aromatic carbocycles. The molecule has 2 nitrogen and oxygen atoms in total. The molecule has 0 saturated heterocycles. The molecule has 0 aliphatic rings. The molecule has 2 heteroatoms. The van der Waals surface area contributed by atoms with E-state index in [2.05, 4.69) is 168 Å². The zero-order chi connectivity index (χ0) is 29.7. The fraction of sp³-hybridized carbons (Fsp3) is 0.0465. The quantitative estimate of drug-likeness (QED) is 0.187. The number of para-hydroxylation sites is 3. The molecular formula is C43H30N2. The molecule has 0 aliphatic heterocycles. The molecular weight excluding hydrogens is 544 g/mol. The third-order valence-electron chi connectivity index (χ3n) is 9.34. The van der Waals surface area contributed by atoms with Crippen molar-refractivity contribution >= 4 is 49.1 Å². The van der Waals surface area contributed by atoms with E-state index in [1.165, 1.54) is 60.3 Å². The second kappa shape index (κ2) is 10.5. The Labute approximate surface area is 261 Å². The highest BCUT2D eigenvalue weighted by atomic mass is 15.0. The van der Waals surface area contributed by atoms with E-state index >= 15 is 0 Å². The molecule has 0 radical (unpaired) electrons. The van der Waals surface area contributed by atoms with Crippen LogP contribution in [-0.2, 0) is 6.42 Å². The first-order valence-corrected chi connectivity index (χ1v) is 15.6. The second-order valence-corrected chi connectivity index (χ2v) is 12.0. The van der Waals surface area contributed by atoms with Gasteiger partial charge in [-0.05, 0) is 80.7 Å². The van der Waals surface area contributed by atoms with E-state index in [9.17, 15) is 0 Å². The maximum absolute atomic E-state index is 5.12. The number of rotatable bonds is 5. The lowest BCUT2D eigenvalue weighted by atomic mass is 9.85. The Morgan fingerprint density at radius 2 is 1.09 bits per heavy atom. The SMILES string of the molecule is c1ccc(C(Cc2ccc3cc(-c4ccc5c6ccccc6n6c7ccccc7nc6c5c4)ccc3c2)c2ccccc2)cc1. The van der Waals surface area contributed by atoms with Crippen molar-refractivity contribution in [2.75, 3.05) is 0 Å². The maximum atomic E-state index is 5.12. The van der Waals surface area contributed by atoms with Gasteiger partial charge in [-0.2, -0.15) is 0 Å². The molecule has 212 valence electrons. The van der Waals surface area contributed by atoms with Gasteiger partial charge in [-0.25, -0.2) is 4.98 Å². The van der Waals surface area contributed by atoms with Gasteiger partial charge < -0.3 is 0 Å². The van der Waals surface area contributed by atoms with Crippen LogP contribution in [0.2, 0.25) is 0 Å². The van der Waals surface area contributed by atoms with Crippen LogP contribution >= 0.6 is 0 Å². The number of benzene rings is 7. The van der Waals surface area contributed by atoms with E-state index in [4.69, 9.17) is 4.98 Å². The number of hydrogen-bond acceptors (Lipinski definition) is 1. The number of fused-ring (bicyclic) bond motifs is 9. The Balaban J connectivity index is 1.13. The van der Waals surface area contributed by atoms with E-state index in [1.807, 2.05) is 0 Å². The van der Waals surface area contributed by atoms with Crippen molar-refractivity contribution in [1.82, 2.24) is 9.38 Å². The molecule has 2 aromatic heterocycles. The predicted octanol–water partition coefficient (Wildman–Crippen LogP) is 11.0. The third kappa shape index (κ3) is 4.38. The van der Waals surface area contributed by atoms with Crippen molar-refractivity contribution in [2.24, 2.45) is 0 Å². The largest absolute Gasteiger partial charge is 0.292 e. The fourth-order valence-corrected chi connectivity index (χ4v) is 7.13. The number of nitrogens with zero attached hydrogens (tertiary/aromatic N) is 2. The molecule has 0 N–H and O–H groups in total. The van der Waals surface area contributed by atoms with Crippen molar-refractivity contribution < 1.29 is 0 Å². The number of hydrogen-bond donors (Lipinski definition) is 0. The monoisotopic (exact) mass is 574 g/mol. The highest BCUT2D eigenvalue weighted by Crippen LogP contribution is 2.36. The zero-order valence-corrected chi connectivity index (χ0v) is 24.8. The Kier molecular flexibility index (Phi) is 5.99. The number of pyridine rings is 1. The first-order valence-electron chi connectivity index (χ1n) is 15.6.